The SMILES string of the molecule is CC(=O)c1ccc(O)c(CN2CCCC(C)CC2)c1. The van der Waals surface area contributed by atoms with Gasteiger partial charge in [0.2, 0.25) is 0 Å². The van der Waals surface area contributed by atoms with Crippen LogP contribution in [0, 0.1) is 5.92 Å². The topological polar surface area (TPSA) is 40.5 Å². The number of phenolic OH excluding ortho intramolecular Hbond substituents is 1. The number of phenols is 1. The maximum atomic E-state index is 11.4. The molecule has 1 aliphatic heterocycles. The molecule has 0 radical (unpaired) electrons. The van der Waals surface area contributed by atoms with E-state index in [1.165, 1.54) is 19.3 Å². The maximum absolute atomic E-state index is 11.4. The molecule has 1 saturated heterocycles. The second-order valence-corrected chi connectivity index (χ2v) is 5.71. The average molecular weight is 261 g/mol. The van der Waals surface area contributed by atoms with Gasteiger partial charge in [0.25, 0.3) is 0 Å². The lowest BCUT2D eigenvalue weighted by atomic mass is 10.0. The number of hydrogen-bond donors (Lipinski definition) is 1. The van der Waals surface area contributed by atoms with E-state index < -0.39 is 0 Å². The van der Waals surface area contributed by atoms with Crippen LogP contribution < -0.4 is 0 Å². The first-order valence-electron chi connectivity index (χ1n) is 7.11. The summed E-state index contributed by atoms with van der Waals surface area (Å²) < 4.78 is 0. The van der Waals surface area contributed by atoms with Crippen molar-refractivity contribution in [1.82, 2.24) is 4.90 Å². The Morgan fingerprint density at radius 1 is 1.37 bits per heavy atom. The van der Waals surface area contributed by atoms with Crippen molar-refractivity contribution in [2.24, 2.45) is 5.92 Å². The Bertz CT molecular complexity index is 456. The lowest BCUT2D eigenvalue weighted by molar-refractivity contribution is 0.101. The zero-order valence-electron chi connectivity index (χ0n) is 11.9. The zero-order chi connectivity index (χ0) is 13.8. The second-order valence-electron chi connectivity index (χ2n) is 5.71. The molecule has 104 valence electrons. The Kier molecular flexibility index (Phi) is 4.59. The second kappa shape index (κ2) is 6.20. The minimum absolute atomic E-state index is 0.0470. The first-order valence-corrected chi connectivity index (χ1v) is 7.11. The van der Waals surface area contributed by atoms with E-state index in [2.05, 4.69) is 11.8 Å². The number of carbonyl (C=O) groups is 1. The predicted molar refractivity (Wildman–Crippen MR) is 76.4 cm³/mol. The molecule has 1 N–H and O–H groups in total. The molecule has 0 bridgehead atoms. The largest absolute Gasteiger partial charge is 0.508 e. The van der Waals surface area contributed by atoms with Crippen LogP contribution in [0.25, 0.3) is 0 Å². The van der Waals surface area contributed by atoms with Crippen LogP contribution in [0.5, 0.6) is 5.75 Å². The molecule has 3 nitrogen and oxygen atoms in total. The fraction of sp³-hybridized carbons (Fsp3) is 0.562. The van der Waals surface area contributed by atoms with Crippen molar-refractivity contribution in [3.05, 3.63) is 29.3 Å². The van der Waals surface area contributed by atoms with Gasteiger partial charge in [-0.2, -0.15) is 0 Å². The van der Waals surface area contributed by atoms with E-state index in [1.54, 1.807) is 19.1 Å². The number of likely N-dealkylation sites (tertiary alicyclic amines) is 1. The number of rotatable bonds is 3. The minimum atomic E-state index is 0.0470. The summed E-state index contributed by atoms with van der Waals surface area (Å²) in [6, 6.07) is 5.14. The fourth-order valence-corrected chi connectivity index (χ4v) is 2.65. The summed E-state index contributed by atoms with van der Waals surface area (Å²) in [6.45, 7) is 6.75. The van der Waals surface area contributed by atoms with E-state index in [0.717, 1.165) is 31.1 Å². The minimum Gasteiger partial charge on any atom is -0.508 e. The molecule has 0 aromatic heterocycles. The molecule has 1 aromatic carbocycles. The van der Waals surface area contributed by atoms with E-state index in [1.807, 2.05) is 6.07 Å². The number of Topliss-reactive ketones (excluding diaryl/α,β-unsaturated/α-hetero) is 1. The standard InChI is InChI=1S/C16H23NO2/c1-12-4-3-8-17(9-7-12)11-15-10-14(13(2)18)5-6-16(15)19/h5-6,10,12,19H,3-4,7-9,11H2,1-2H3. The molecule has 2 rings (SSSR count). The smallest absolute Gasteiger partial charge is 0.159 e. The summed E-state index contributed by atoms with van der Waals surface area (Å²) >= 11 is 0. The van der Waals surface area contributed by atoms with E-state index in [4.69, 9.17) is 0 Å². The fourth-order valence-electron chi connectivity index (χ4n) is 2.65. The summed E-state index contributed by atoms with van der Waals surface area (Å²) in [7, 11) is 0. The van der Waals surface area contributed by atoms with Gasteiger partial charge in [0.1, 0.15) is 5.75 Å². The number of aromatic hydroxyl groups is 1. The van der Waals surface area contributed by atoms with Crippen LogP contribution in [0.4, 0.5) is 0 Å². The van der Waals surface area contributed by atoms with Gasteiger partial charge in [0, 0.05) is 17.7 Å². The van der Waals surface area contributed by atoms with Gasteiger partial charge < -0.3 is 5.11 Å². The molecular weight excluding hydrogens is 238 g/mol. The molecule has 0 amide bonds. The van der Waals surface area contributed by atoms with Crippen molar-refractivity contribution in [3.63, 3.8) is 0 Å². The zero-order valence-corrected chi connectivity index (χ0v) is 11.9. The van der Waals surface area contributed by atoms with Crippen LogP contribution in [0.2, 0.25) is 0 Å². The Labute approximate surface area is 115 Å². The quantitative estimate of drug-likeness (QED) is 0.849. The van der Waals surface area contributed by atoms with Crippen LogP contribution in [0.1, 0.15) is 49.0 Å². The summed E-state index contributed by atoms with van der Waals surface area (Å²) in [5.41, 5.74) is 1.54. The number of hydrogen-bond acceptors (Lipinski definition) is 3. The normalized spacial score (nSPS) is 21.1. The monoisotopic (exact) mass is 261 g/mol. The molecule has 19 heavy (non-hydrogen) atoms. The van der Waals surface area contributed by atoms with Crippen LogP contribution in [0.3, 0.4) is 0 Å². The number of benzene rings is 1. The van der Waals surface area contributed by atoms with Crippen molar-refractivity contribution in [2.75, 3.05) is 13.1 Å². The van der Waals surface area contributed by atoms with Crippen LogP contribution >= 0.6 is 0 Å². The van der Waals surface area contributed by atoms with Crippen molar-refractivity contribution >= 4 is 5.78 Å². The molecule has 0 saturated carbocycles. The lowest BCUT2D eigenvalue weighted by Gasteiger charge is -2.20. The van der Waals surface area contributed by atoms with Gasteiger partial charge in [-0.15, -0.1) is 0 Å². The third kappa shape index (κ3) is 3.80. The highest BCUT2D eigenvalue weighted by atomic mass is 16.3. The molecule has 0 aliphatic carbocycles. The number of ketones is 1. The molecule has 1 fully saturated rings. The van der Waals surface area contributed by atoms with E-state index in [0.29, 0.717) is 11.3 Å². The summed E-state index contributed by atoms with van der Waals surface area (Å²) in [6.07, 6.45) is 3.72. The van der Waals surface area contributed by atoms with Gasteiger partial charge in [0.05, 0.1) is 0 Å². The number of carbonyl (C=O) groups excluding carboxylic acids is 1. The van der Waals surface area contributed by atoms with Crippen molar-refractivity contribution in [2.45, 2.75) is 39.7 Å². The highest BCUT2D eigenvalue weighted by molar-refractivity contribution is 5.94. The van der Waals surface area contributed by atoms with Crippen molar-refractivity contribution in [1.29, 1.82) is 0 Å². The molecule has 1 aromatic rings. The average Bonchev–Trinajstić information content (AvgIpc) is 2.57. The molecule has 3 heteroatoms. The van der Waals surface area contributed by atoms with Gasteiger partial charge in [-0.05, 0) is 63.4 Å². The Morgan fingerprint density at radius 3 is 2.89 bits per heavy atom. The van der Waals surface area contributed by atoms with Gasteiger partial charge in [-0.3, -0.25) is 9.69 Å². The third-order valence-electron chi connectivity index (χ3n) is 3.99. The Morgan fingerprint density at radius 2 is 2.16 bits per heavy atom. The molecule has 1 atom stereocenters. The van der Waals surface area contributed by atoms with Crippen LogP contribution in [0.15, 0.2) is 18.2 Å². The molecule has 1 heterocycles. The van der Waals surface area contributed by atoms with Crippen molar-refractivity contribution < 1.29 is 9.90 Å². The summed E-state index contributed by atoms with van der Waals surface area (Å²) in [5, 5.41) is 9.93. The van der Waals surface area contributed by atoms with Crippen molar-refractivity contribution in [3.8, 4) is 5.75 Å². The first kappa shape index (κ1) is 14.1. The molecule has 0 spiro atoms. The van der Waals surface area contributed by atoms with E-state index >= 15 is 0 Å². The van der Waals surface area contributed by atoms with E-state index in [9.17, 15) is 9.90 Å². The van der Waals surface area contributed by atoms with E-state index in [-0.39, 0.29) is 5.78 Å². The Hall–Kier alpha value is -1.35. The van der Waals surface area contributed by atoms with Gasteiger partial charge in [-0.1, -0.05) is 6.92 Å². The van der Waals surface area contributed by atoms with Crippen LogP contribution in [-0.4, -0.2) is 28.9 Å². The van der Waals surface area contributed by atoms with Gasteiger partial charge in [-0.25, -0.2) is 0 Å². The molecule has 1 aliphatic rings. The maximum Gasteiger partial charge on any atom is 0.159 e. The third-order valence-corrected chi connectivity index (χ3v) is 3.99. The molecular formula is C16H23NO2. The van der Waals surface area contributed by atoms with Crippen LogP contribution in [-0.2, 0) is 6.54 Å². The molecule has 1 unspecified atom stereocenters. The highest BCUT2D eigenvalue weighted by Crippen LogP contribution is 2.23. The highest BCUT2D eigenvalue weighted by Gasteiger charge is 2.15. The summed E-state index contributed by atoms with van der Waals surface area (Å²) in [5.74, 6) is 1.13. The van der Waals surface area contributed by atoms with Gasteiger partial charge >= 0.3 is 0 Å². The summed E-state index contributed by atoms with van der Waals surface area (Å²) in [4.78, 5) is 13.8. The first-order chi connectivity index (χ1) is 9.06. The van der Waals surface area contributed by atoms with Gasteiger partial charge in [0.15, 0.2) is 5.78 Å². The number of nitrogens with zero attached hydrogens (tertiary/aromatic N) is 1. The predicted octanol–water partition coefficient (Wildman–Crippen LogP) is 3.22. The lowest BCUT2D eigenvalue weighted by Crippen LogP contribution is -2.24. The Balaban J connectivity index is 2.09.